The van der Waals surface area contributed by atoms with Crippen LogP contribution in [0.25, 0.3) is 0 Å². The first-order valence-electron chi connectivity index (χ1n) is 11.5. The van der Waals surface area contributed by atoms with Crippen molar-refractivity contribution in [2.45, 2.75) is 45.1 Å². The number of rotatable bonds is 10. The summed E-state index contributed by atoms with van der Waals surface area (Å²) in [5, 5.41) is 2.96. The van der Waals surface area contributed by atoms with Crippen LogP contribution in [-0.2, 0) is 14.8 Å². The Bertz CT molecular complexity index is 1260. The van der Waals surface area contributed by atoms with Crippen LogP contribution in [0.2, 0.25) is 0 Å². The number of carbonyl (C=O) groups is 1. The Morgan fingerprint density at radius 3 is 2.20 bits per heavy atom. The van der Waals surface area contributed by atoms with Gasteiger partial charge >= 0.3 is 0 Å². The van der Waals surface area contributed by atoms with Gasteiger partial charge < -0.3 is 10.1 Å². The van der Waals surface area contributed by atoms with Gasteiger partial charge in [0.1, 0.15) is 18.1 Å². The molecule has 3 aromatic rings. The highest BCUT2D eigenvalue weighted by Gasteiger charge is 2.28. The molecule has 0 radical (unpaired) electrons. The fourth-order valence-electron chi connectivity index (χ4n) is 3.70. The van der Waals surface area contributed by atoms with Gasteiger partial charge in [0.2, 0.25) is 5.91 Å². The number of sulfonamides is 1. The number of aryl methyl sites for hydroxylation is 2. The van der Waals surface area contributed by atoms with E-state index in [-0.39, 0.29) is 10.9 Å². The van der Waals surface area contributed by atoms with Gasteiger partial charge in [-0.15, -0.1) is 0 Å². The zero-order chi connectivity index (χ0) is 25.6. The molecule has 1 atom stereocenters. The molecule has 0 aliphatic rings. The number of nitrogens with one attached hydrogen (secondary N) is 1. The normalized spacial score (nSPS) is 12.1. The predicted octanol–water partition coefficient (Wildman–Crippen LogP) is 5.30. The van der Waals surface area contributed by atoms with E-state index in [0.29, 0.717) is 24.5 Å². The fraction of sp³-hybridized carbons (Fsp3) is 0.296. The van der Waals surface area contributed by atoms with E-state index in [1.165, 1.54) is 12.1 Å². The Hall–Kier alpha value is -3.39. The lowest BCUT2D eigenvalue weighted by Crippen LogP contribution is -2.42. The molecule has 186 valence electrons. The monoisotopic (exact) mass is 498 g/mol. The summed E-state index contributed by atoms with van der Waals surface area (Å²) in [5.41, 5.74) is 3.53. The lowest BCUT2D eigenvalue weighted by atomic mass is 9.99. The van der Waals surface area contributed by atoms with Gasteiger partial charge in [-0.2, -0.15) is 0 Å². The van der Waals surface area contributed by atoms with Gasteiger partial charge in [0.25, 0.3) is 10.0 Å². The summed E-state index contributed by atoms with van der Waals surface area (Å²) >= 11 is 0. The molecule has 0 spiro atoms. The Labute approximate surface area is 206 Å². The zero-order valence-electron chi connectivity index (χ0n) is 20.4. The van der Waals surface area contributed by atoms with Crippen LogP contribution in [0, 0.1) is 19.7 Å². The van der Waals surface area contributed by atoms with Crippen LogP contribution in [0.15, 0.2) is 71.6 Å². The van der Waals surface area contributed by atoms with Crippen molar-refractivity contribution < 1.29 is 22.3 Å². The topological polar surface area (TPSA) is 75.7 Å². The molecule has 1 N–H and O–H groups in total. The molecule has 0 saturated heterocycles. The molecule has 1 unspecified atom stereocenters. The maximum Gasteiger partial charge on any atom is 0.264 e. The number of nitrogens with zero attached hydrogens (tertiary/aromatic N) is 1. The molecule has 0 heterocycles. The van der Waals surface area contributed by atoms with E-state index in [1.807, 2.05) is 45.9 Å². The highest BCUT2D eigenvalue weighted by molar-refractivity contribution is 7.92. The average molecular weight is 499 g/mol. The first-order chi connectivity index (χ1) is 16.6. The van der Waals surface area contributed by atoms with Crippen LogP contribution in [0.3, 0.4) is 0 Å². The van der Waals surface area contributed by atoms with Crippen molar-refractivity contribution in [3.63, 3.8) is 0 Å². The first-order valence-corrected chi connectivity index (χ1v) is 13.0. The Morgan fingerprint density at radius 1 is 0.971 bits per heavy atom. The van der Waals surface area contributed by atoms with E-state index in [4.69, 9.17) is 4.74 Å². The van der Waals surface area contributed by atoms with Gasteiger partial charge in [-0.1, -0.05) is 25.1 Å². The van der Waals surface area contributed by atoms with E-state index < -0.39 is 28.3 Å². The van der Waals surface area contributed by atoms with Gasteiger partial charge in [0.15, 0.2) is 0 Å². The van der Waals surface area contributed by atoms with Crippen molar-refractivity contribution in [3.8, 4) is 5.75 Å². The second-order valence-corrected chi connectivity index (χ2v) is 10.1. The largest absolute Gasteiger partial charge is 0.494 e. The third kappa shape index (κ3) is 6.39. The lowest BCUT2D eigenvalue weighted by molar-refractivity contribution is -0.120. The molecule has 0 saturated carbocycles. The standard InChI is InChI=1S/C27H31FN2O4S/c1-5-26(21-8-7-19(3)20(4)17-21)29-27(31)18-30(23-11-13-24(14-12-23)34-6-2)35(32,33)25-15-9-22(28)10-16-25/h7-17,26H,5-6,18H2,1-4H3,(H,29,31). The SMILES string of the molecule is CCOc1ccc(N(CC(=O)NC(CC)c2ccc(C)c(C)c2)S(=O)(=O)c2ccc(F)cc2)cc1. The van der Waals surface area contributed by atoms with Crippen molar-refractivity contribution in [2.24, 2.45) is 0 Å². The van der Waals surface area contributed by atoms with E-state index >= 15 is 0 Å². The number of hydrogen-bond acceptors (Lipinski definition) is 4. The van der Waals surface area contributed by atoms with Crippen LogP contribution in [0.4, 0.5) is 10.1 Å². The van der Waals surface area contributed by atoms with E-state index in [0.717, 1.165) is 33.1 Å². The molecule has 3 aromatic carbocycles. The summed E-state index contributed by atoms with van der Waals surface area (Å²) in [6.45, 7) is 7.87. The highest BCUT2D eigenvalue weighted by atomic mass is 32.2. The molecule has 3 rings (SSSR count). The second-order valence-electron chi connectivity index (χ2n) is 8.26. The minimum absolute atomic E-state index is 0.109. The summed E-state index contributed by atoms with van der Waals surface area (Å²) in [6, 6.07) is 16.7. The van der Waals surface area contributed by atoms with Crippen molar-refractivity contribution in [2.75, 3.05) is 17.5 Å². The maximum atomic E-state index is 13.5. The molecule has 35 heavy (non-hydrogen) atoms. The summed E-state index contributed by atoms with van der Waals surface area (Å²) in [5.74, 6) is -0.413. The minimum atomic E-state index is -4.15. The molecule has 0 fully saturated rings. The van der Waals surface area contributed by atoms with Crippen LogP contribution >= 0.6 is 0 Å². The van der Waals surface area contributed by atoms with Crippen LogP contribution in [0.1, 0.15) is 43.0 Å². The van der Waals surface area contributed by atoms with Crippen LogP contribution in [0.5, 0.6) is 5.75 Å². The lowest BCUT2D eigenvalue weighted by Gasteiger charge is -2.26. The van der Waals surface area contributed by atoms with Gasteiger partial charge in [-0.25, -0.2) is 12.8 Å². The van der Waals surface area contributed by atoms with Crippen LogP contribution in [-0.4, -0.2) is 27.5 Å². The Morgan fingerprint density at radius 2 is 1.63 bits per heavy atom. The summed E-state index contributed by atoms with van der Waals surface area (Å²) < 4.78 is 46.9. The number of anilines is 1. The van der Waals surface area contributed by atoms with Crippen molar-refractivity contribution in [3.05, 3.63) is 89.2 Å². The molecule has 1 amide bonds. The Kier molecular flexibility index (Phi) is 8.51. The second kappa shape index (κ2) is 11.4. The first kappa shape index (κ1) is 26.2. The number of amides is 1. The minimum Gasteiger partial charge on any atom is -0.494 e. The molecular weight excluding hydrogens is 467 g/mol. The van der Waals surface area contributed by atoms with E-state index in [2.05, 4.69) is 5.32 Å². The summed E-state index contributed by atoms with van der Waals surface area (Å²) in [7, 11) is -4.15. The number of benzene rings is 3. The Balaban J connectivity index is 1.91. The van der Waals surface area contributed by atoms with Gasteiger partial charge in [0, 0.05) is 0 Å². The molecule has 6 nitrogen and oxygen atoms in total. The van der Waals surface area contributed by atoms with Crippen molar-refractivity contribution in [1.29, 1.82) is 0 Å². The number of ether oxygens (including phenoxy) is 1. The molecule has 0 bridgehead atoms. The number of hydrogen-bond donors (Lipinski definition) is 1. The third-order valence-electron chi connectivity index (χ3n) is 5.80. The smallest absolute Gasteiger partial charge is 0.264 e. The van der Waals surface area contributed by atoms with E-state index in [9.17, 15) is 17.6 Å². The molecular formula is C27H31FN2O4S. The quantitative estimate of drug-likeness (QED) is 0.411. The van der Waals surface area contributed by atoms with E-state index in [1.54, 1.807) is 24.3 Å². The molecule has 0 aliphatic carbocycles. The van der Waals surface area contributed by atoms with Gasteiger partial charge in [-0.3, -0.25) is 9.10 Å². The molecule has 0 aromatic heterocycles. The maximum absolute atomic E-state index is 13.5. The molecule has 8 heteroatoms. The van der Waals surface area contributed by atoms with Gasteiger partial charge in [0.05, 0.1) is 23.2 Å². The van der Waals surface area contributed by atoms with Crippen molar-refractivity contribution in [1.82, 2.24) is 5.32 Å². The predicted molar refractivity (Wildman–Crippen MR) is 136 cm³/mol. The van der Waals surface area contributed by atoms with Crippen molar-refractivity contribution >= 4 is 21.6 Å². The number of carbonyl (C=O) groups excluding carboxylic acids is 1. The van der Waals surface area contributed by atoms with Gasteiger partial charge in [-0.05, 0) is 92.4 Å². The molecule has 0 aliphatic heterocycles. The highest BCUT2D eigenvalue weighted by Crippen LogP contribution is 2.27. The zero-order valence-corrected chi connectivity index (χ0v) is 21.2. The third-order valence-corrected chi connectivity index (χ3v) is 7.59. The van der Waals surface area contributed by atoms with Crippen LogP contribution < -0.4 is 14.4 Å². The average Bonchev–Trinajstić information content (AvgIpc) is 2.84. The fourth-order valence-corrected chi connectivity index (χ4v) is 5.12. The summed E-state index contributed by atoms with van der Waals surface area (Å²) in [6.07, 6.45) is 0.641. The number of halogens is 1. The summed E-state index contributed by atoms with van der Waals surface area (Å²) in [4.78, 5) is 13.0.